The Balaban J connectivity index is 0.00000228. The number of aryl methyl sites for hydroxylation is 2. The van der Waals surface area contributed by atoms with E-state index in [-0.39, 0.29) is 11.8 Å². The molecule has 0 aliphatic heterocycles. The van der Waals surface area contributed by atoms with Gasteiger partial charge in [0.05, 0.1) is 0 Å². The largest absolute Gasteiger partial charge is 0.296 e. The molecule has 2 amide bonds. The summed E-state index contributed by atoms with van der Waals surface area (Å²) in [5, 5.41) is 2.60. The fourth-order valence-corrected chi connectivity index (χ4v) is 6.40. The molecule has 0 aliphatic carbocycles. The third-order valence-corrected chi connectivity index (χ3v) is 9.47. The van der Waals surface area contributed by atoms with Crippen LogP contribution in [0.5, 0.6) is 0 Å². The number of nitrogens with one attached hydrogen (secondary N) is 1. The third kappa shape index (κ3) is 37.0. The van der Waals surface area contributed by atoms with Gasteiger partial charge in [-0.25, -0.2) is 0 Å². The van der Waals surface area contributed by atoms with Crippen LogP contribution in [0.1, 0.15) is 230 Å². The summed E-state index contributed by atoms with van der Waals surface area (Å²) in [6.07, 6.45) is 40.8. The van der Waals surface area contributed by atoms with Crippen LogP contribution in [0.15, 0.2) is 24.3 Å². The lowest BCUT2D eigenvalue weighted by Gasteiger charge is -2.05. The topological polar surface area (TPSA) is 46.2 Å². The molecule has 0 saturated carbocycles. The number of rotatable bonds is 32. The van der Waals surface area contributed by atoms with Crippen molar-refractivity contribution in [2.45, 2.75) is 233 Å². The molecule has 0 bridgehead atoms. The smallest absolute Gasteiger partial charge is 0.226 e. The van der Waals surface area contributed by atoms with Gasteiger partial charge in [-0.2, -0.15) is 0 Å². The molecule has 1 aromatic carbocycles. The van der Waals surface area contributed by atoms with E-state index >= 15 is 0 Å². The molecule has 0 heterocycles. The molecule has 47 heavy (non-hydrogen) atoms. The summed E-state index contributed by atoms with van der Waals surface area (Å²) >= 11 is 0. The SMILES string of the molecule is CCCCCCCCCCCCCCCCCC(=O)NC(=O)CCCCCCCCCCCCCCCCC.Cc1cccc(C)c1. The summed E-state index contributed by atoms with van der Waals surface area (Å²) in [5.41, 5.74) is 2.68. The minimum atomic E-state index is -0.0735. The molecule has 0 unspecified atom stereocenters. The van der Waals surface area contributed by atoms with Crippen LogP contribution in [-0.2, 0) is 9.59 Å². The predicted octanol–water partition coefficient (Wildman–Crippen LogP) is 14.5. The van der Waals surface area contributed by atoms with Gasteiger partial charge in [0.2, 0.25) is 11.8 Å². The van der Waals surface area contributed by atoms with Gasteiger partial charge < -0.3 is 0 Å². The second-order valence-corrected chi connectivity index (χ2v) is 14.5. The molecule has 3 heteroatoms. The quantitative estimate of drug-likeness (QED) is 0.0785. The highest BCUT2D eigenvalue weighted by molar-refractivity contribution is 5.95. The lowest BCUT2D eigenvalue weighted by Crippen LogP contribution is -2.29. The average molecular weight is 656 g/mol. The molecule has 3 nitrogen and oxygen atoms in total. The average Bonchev–Trinajstić information content (AvgIpc) is 3.05. The zero-order valence-electron chi connectivity index (χ0n) is 32.3. The Morgan fingerprint density at radius 3 is 0.851 bits per heavy atom. The summed E-state index contributed by atoms with van der Waals surface area (Å²) < 4.78 is 0. The van der Waals surface area contributed by atoms with Crippen LogP contribution in [0.4, 0.5) is 0 Å². The molecule has 0 radical (unpaired) electrons. The van der Waals surface area contributed by atoms with Crippen molar-refractivity contribution in [3.8, 4) is 0 Å². The molecule has 0 atom stereocenters. The number of carbonyl (C=O) groups excluding carboxylic acids is 2. The molecular weight excluding hydrogens is 574 g/mol. The van der Waals surface area contributed by atoms with E-state index in [0.717, 1.165) is 25.7 Å². The predicted molar refractivity (Wildman–Crippen MR) is 208 cm³/mol. The van der Waals surface area contributed by atoms with Crippen LogP contribution in [0.2, 0.25) is 0 Å². The van der Waals surface area contributed by atoms with E-state index in [1.165, 1.54) is 178 Å². The molecule has 0 spiro atoms. The van der Waals surface area contributed by atoms with Crippen molar-refractivity contribution in [3.05, 3.63) is 35.4 Å². The van der Waals surface area contributed by atoms with E-state index in [1.54, 1.807) is 0 Å². The minimum absolute atomic E-state index is 0.0735. The van der Waals surface area contributed by atoms with E-state index in [4.69, 9.17) is 0 Å². The van der Waals surface area contributed by atoms with Crippen LogP contribution >= 0.6 is 0 Å². The first-order valence-electron chi connectivity index (χ1n) is 20.9. The fourth-order valence-electron chi connectivity index (χ4n) is 6.40. The summed E-state index contributed by atoms with van der Waals surface area (Å²) in [6.45, 7) is 8.77. The van der Waals surface area contributed by atoms with Crippen molar-refractivity contribution in [2.24, 2.45) is 0 Å². The number of amides is 2. The standard InChI is InChI=1S/C36H71NO2.C8H10/c1-3-5-7-9-11-13-15-17-19-21-23-25-27-29-31-33-35(38)37-36(39)34-32-30-28-26-24-22-20-18-16-14-12-10-8-6-4-2;1-7-4-3-5-8(2)6-7/h3-34H2,1-2H3,(H,37,38,39);3-6H,1-2H3. The highest BCUT2D eigenvalue weighted by atomic mass is 16.2. The first-order chi connectivity index (χ1) is 23.0. The van der Waals surface area contributed by atoms with Crippen molar-refractivity contribution in [1.82, 2.24) is 5.32 Å². The lowest BCUT2D eigenvalue weighted by molar-refractivity contribution is -0.130. The van der Waals surface area contributed by atoms with Gasteiger partial charge >= 0.3 is 0 Å². The highest BCUT2D eigenvalue weighted by Gasteiger charge is 2.07. The Hall–Kier alpha value is -1.64. The van der Waals surface area contributed by atoms with Crippen LogP contribution in [0, 0.1) is 13.8 Å². The summed E-state index contributed by atoms with van der Waals surface area (Å²) in [4.78, 5) is 24.0. The van der Waals surface area contributed by atoms with Gasteiger partial charge in [0.15, 0.2) is 0 Å². The maximum atomic E-state index is 12.0. The fraction of sp³-hybridized carbons (Fsp3) is 0.818. The molecule has 274 valence electrons. The van der Waals surface area contributed by atoms with Crippen LogP contribution in [-0.4, -0.2) is 11.8 Å². The van der Waals surface area contributed by atoms with E-state index in [0.29, 0.717) is 12.8 Å². The summed E-state index contributed by atoms with van der Waals surface area (Å²) in [7, 11) is 0. The summed E-state index contributed by atoms with van der Waals surface area (Å²) in [5.74, 6) is -0.147. The number of unbranched alkanes of at least 4 members (excludes halogenated alkanes) is 28. The Labute approximate surface area is 294 Å². The van der Waals surface area contributed by atoms with Gasteiger partial charge in [0, 0.05) is 12.8 Å². The van der Waals surface area contributed by atoms with Crippen LogP contribution in [0.25, 0.3) is 0 Å². The maximum Gasteiger partial charge on any atom is 0.226 e. The Morgan fingerprint density at radius 2 is 0.638 bits per heavy atom. The van der Waals surface area contributed by atoms with E-state index in [1.807, 2.05) is 0 Å². The number of hydrogen-bond donors (Lipinski definition) is 1. The van der Waals surface area contributed by atoms with Crippen molar-refractivity contribution < 1.29 is 9.59 Å². The minimum Gasteiger partial charge on any atom is -0.296 e. The number of hydrogen-bond acceptors (Lipinski definition) is 2. The normalized spacial score (nSPS) is 10.9. The van der Waals surface area contributed by atoms with Crippen LogP contribution < -0.4 is 5.32 Å². The second kappa shape index (κ2) is 37.2. The van der Waals surface area contributed by atoms with Crippen molar-refractivity contribution in [1.29, 1.82) is 0 Å². The molecule has 0 saturated heterocycles. The molecular formula is C44H81NO2. The Morgan fingerprint density at radius 1 is 0.404 bits per heavy atom. The number of imide groups is 1. The zero-order chi connectivity index (χ0) is 34.5. The Bertz CT molecular complexity index is 743. The summed E-state index contributed by atoms with van der Waals surface area (Å²) in [6, 6.07) is 8.45. The van der Waals surface area contributed by atoms with E-state index in [9.17, 15) is 9.59 Å². The van der Waals surface area contributed by atoms with Gasteiger partial charge in [-0.05, 0) is 26.7 Å². The molecule has 0 fully saturated rings. The molecule has 0 aromatic heterocycles. The van der Waals surface area contributed by atoms with Crippen molar-refractivity contribution >= 4 is 11.8 Å². The first-order valence-corrected chi connectivity index (χ1v) is 20.9. The lowest BCUT2D eigenvalue weighted by atomic mass is 10.0. The van der Waals surface area contributed by atoms with E-state index < -0.39 is 0 Å². The van der Waals surface area contributed by atoms with Gasteiger partial charge in [0.25, 0.3) is 0 Å². The molecule has 1 N–H and O–H groups in total. The number of benzene rings is 1. The highest BCUT2D eigenvalue weighted by Crippen LogP contribution is 2.15. The van der Waals surface area contributed by atoms with Crippen molar-refractivity contribution in [2.75, 3.05) is 0 Å². The Kier molecular flexibility index (Phi) is 35.9. The number of carbonyl (C=O) groups is 2. The molecule has 1 rings (SSSR count). The zero-order valence-corrected chi connectivity index (χ0v) is 32.3. The van der Waals surface area contributed by atoms with Gasteiger partial charge in [-0.1, -0.05) is 229 Å². The van der Waals surface area contributed by atoms with Gasteiger partial charge in [0.1, 0.15) is 0 Å². The first kappa shape index (κ1) is 45.4. The molecule has 0 aliphatic rings. The van der Waals surface area contributed by atoms with Gasteiger partial charge in [-0.3, -0.25) is 14.9 Å². The van der Waals surface area contributed by atoms with Gasteiger partial charge in [-0.15, -0.1) is 0 Å². The van der Waals surface area contributed by atoms with E-state index in [2.05, 4.69) is 57.3 Å². The third-order valence-electron chi connectivity index (χ3n) is 9.47. The van der Waals surface area contributed by atoms with Crippen molar-refractivity contribution in [3.63, 3.8) is 0 Å². The monoisotopic (exact) mass is 656 g/mol. The molecule has 1 aromatic rings. The van der Waals surface area contributed by atoms with Crippen LogP contribution in [0.3, 0.4) is 0 Å². The maximum absolute atomic E-state index is 12.0. The second-order valence-electron chi connectivity index (χ2n) is 14.5.